The molecule has 2 N–H and O–H groups in total. The highest BCUT2D eigenvalue weighted by Crippen LogP contribution is 2.33. The summed E-state index contributed by atoms with van der Waals surface area (Å²) in [7, 11) is 1.83. The smallest absolute Gasteiger partial charge is 0.0531 e. The summed E-state index contributed by atoms with van der Waals surface area (Å²) in [4.78, 5) is 0. The van der Waals surface area contributed by atoms with Gasteiger partial charge in [-0.2, -0.15) is 0 Å². The van der Waals surface area contributed by atoms with E-state index >= 15 is 0 Å². The summed E-state index contributed by atoms with van der Waals surface area (Å²) in [6.45, 7) is 5.52. The largest absolute Gasteiger partial charge is 0.384 e. The Kier molecular flexibility index (Phi) is 5.26. The molecule has 17 heavy (non-hydrogen) atoms. The number of piperidine rings is 1. The van der Waals surface area contributed by atoms with Crippen LogP contribution in [-0.4, -0.2) is 39.9 Å². The maximum atomic E-state index is 5.42. The summed E-state index contributed by atoms with van der Waals surface area (Å²) in [5.41, 5.74) is 0.388. The third-order valence-electron chi connectivity index (χ3n) is 4.28. The first-order valence-electron chi connectivity index (χ1n) is 7.25. The molecule has 3 heteroatoms. The predicted octanol–water partition coefficient (Wildman–Crippen LogP) is 1.78. The average Bonchev–Trinajstić information content (AvgIpc) is 3.14. The summed E-state index contributed by atoms with van der Waals surface area (Å²) >= 11 is 0. The van der Waals surface area contributed by atoms with Gasteiger partial charge in [0.05, 0.1) is 6.61 Å². The Morgan fingerprint density at radius 3 is 2.71 bits per heavy atom. The zero-order chi connectivity index (χ0) is 12.0. The Bertz CT molecular complexity index is 205. The molecule has 100 valence electrons. The van der Waals surface area contributed by atoms with E-state index in [9.17, 15) is 0 Å². The van der Waals surface area contributed by atoms with E-state index in [2.05, 4.69) is 10.6 Å². The van der Waals surface area contributed by atoms with E-state index in [1.807, 2.05) is 7.11 Å². The van der Waals surface area contributed by atoms with Gasteiger partial charge in [0, 0.05) is 19.1 Å². The lowest BCUT2D eigenvalue weighted by atomic mass is 9.79. The van der Waals surface area contributed by atoms with Crippen LogP contribution >= 0.6 is 0 Å². The fourth-order valence-electron chi connectivity index (χ4n) is 2.91. The molecule has 2 aliphatic rings. The SMILES string of the molecule is COCC1(CNCCCC2CC2)CCNCC1. The molecule has 0 amide bonds. The van der Waals surface area contributed by atoms with Crippen molar-refractivity contribution in [3.63, 3.8) is 0 Å². The van der Waals surface area contributed by atoms with Crippen LogP contribution in [0.4, 0.5) is 0 Å². The van der Waals surface area contributed by atoms with Crippen molar-refractivity contribution < 1.29 is 4.74 Å². The summed E-state index contributed by atoms with van der Waals surface area (Å²) in [6.07, 6.45) is 8.25. The molecule has 2 fully saturated rings. The first-order valence-corrected chi connectivity index (χ1v) is 7.25. The molecule has 0 unspecified atom stereocenters. The Balaban J connectivity index is 1.61. The Morgan fingerprint density at radius 1 is 1.29 bits per heavy atom. The van der Waals surface area contributed by atoms with Gasteiger partial charge in [-0.1, -0.05) is 12.8 Å². The lowest BCUT2D eigenvalue weighted by molar-refractivity contribution is 0.0537. The van der Waals surface area contributed by atoms with Crippen molar-refractivity contribution >= 4 is 0 Å². The van der Waals surface area contributed by atoms with Crippen LogP contribution in [0.15, 0.2) is 0 Å². The van der Waals surface area contributed by atoms with Gasteiger partial charge in [0.15, 0.2) is 0 Å². The van der Waals surface area contributed by atoms with Crippen molar-refractivity contribution in [3.05, 3.63) is 0 Å². The van der Waals surface area contributed by atoms with E-state index in [1.54, 1.807) is 0 Å². The Hall–Kier alpha value is -0.120. The molecule has 1 heterocycles. The maximum absolute atomic E-state index is 5.42. The number of hydrogen-bond acceptors (Lipinski definition) is 3. The van der Waals surface area contributed by atoms with Crippen LogP contribution in [0, 0.1) is 11.3 Å². The van der Waals surface area contributed by atoms with E-state index in [-0.39, 0.29) is 0 Å². The molecule has 1 saturated heterocycles. The molecule has 1 aliphatic heterocycles. The molecule has 0 aromatic rings. The van der Waals surface area contributed by atoms with Crippen molar-refractivity contribution in [2.24, 2.45) is 11.3 Å². The lowest BCUT2D eigenvalue weighted by Crippen LogP contribution is -2.46. The van der Waals surface area contributed by atoms with E-state index in [0.29, 0.717) is 5.41 Å². The fourth-order valence-corrected chi connectivity index (χ4v) is 2.91. The number of hydrogen-bond donors (Lipinski definition) is 2. The number of rotatable bonds is 8. The highest BCUT2D eigenvalue weighted by atomic mass is 16.5. The molecule has 0 aromatic carbocycles. The third kappa shape index (κ3) is 4.57. The second-order valence-electron chi connectivity index (χ2n) is 5.95. The van der Waals surface area contributed by atoms with Gasteiger partial charge in [-0.3, -0.25) is 0 Å². The number of methoxy groups -OCH3 is 1. The van der Waals surface area contributed by atoms with Crippen LogP contribution in [0.2, 0.25) is 0 Å². The fraction of sp³-hybridized carbons (Fsp3) is 1.00. The van der Waals surface area contributed by atoms with Gasteiger partial charge in [-0.15, -0.1) is 0 Å². The summed E-state index contributed by atoms with van der Waals surface area (Å²) < 4.78 is 5.42. The Morgan fingerprint density at radius 2 is 2.06 bits per heavy atom. The number of nitrogens with one attached hydrogen (secondary N) is 2. The lowest BCUT2D eigenvalue weighted by Gasteiger charge is -2.37. The van der Waals surface area contributed by atoms with Crippen LogP contribution in [0.1, 0.15) is 38.5 Å². The molecule has 0 radical (unpaired) electrons. The second-order valence-corrected chi connectivity index (χ2v) is 5.95. The first kappa shape index (κ1) is 13.3. The van der Waals surface area contributed by atoms with Gasteiger partial charge < -0.3 is 15.4 Å². The predicted molar refractivity (Wildman–Crippen MR) is 71.2 cm³/mol. The van der Waals surface area contributed by atoms with Crippen molar-refractivity contribution in [1.29, 1.82) is 0 Å². The van der Waals surface area contributed by atoms with Crippen molar-refractivity contribution in [2.75, 3.05) is 39.9 Å². The zero-order valence-electron chi connectivity index (χ0n) is 11.3. The van der Waals surface area contributed by atoms with Crippen LogP contribution in [0.3, 0.4) is 0 Å². The molecule has 0 aromatic heterocycles. The van der Waals surface area contributed by atoms with E-state index < -0.39 is 0 Å². The molecule has 1 saturated carbocycles. The molecule has 0 spiro atoms. The van der Waals surface area contributed by atoms with Gasteiger partial charge in [0.25, 0.3) is 0 Å². The third-order valence-corrected chi connectivity index (χ3v) is 4.28. The topological polar surface area (TPSA) is 33.3 Å². The monoisotopic (exact) mass is 240 g/mol. The quantitative estimate of drug-likeness (QED) is 0.635. The highest BCUT2D eigenvalue weighted by molar-refractivity contribution is 4.86. The van der Waals surface area contributed by atoms with Gasteiger partial charge in [-0.05, 0) is 51.2 Å². The highest BCUT2D eigenvalue weighted by Gasteiger charge is 2.31. The molecule has 0 atom stereocenters. The zero-order valence-corrected chi connectivity index (χ0v) is 11.3. The maximum Gasteiger partial charge on any atom is 0.0531 e. The van der Waals surface area contributed by atoms with E-state index in [0.717, 1.165) is 32.2 Å². The number of ether oxygens (including phenoxy) is 1. The minimum Gasteiger partial charge on any atom is -0.384 e. The normalized spacial score (nSPS) is 23.8. The van der Waals surface area contributed by atoms with Crippen molar-refractivity contribution in [1.82, 2.24) is 10.6 Å². The van der Waals surface area contributed by atoms with Gasteiger partial charge >= 0.3 is 0 Å². The molecule has 2 rings (SSSR count). The summed E-state index contributed by atoms with van der Waals surface area (Å²) in [5.74, 6) is 1.07. The van der Waals surface area contributed by atoms with Crippen LogP contribution in [-0.2, 0) is 4.74 Å². The van der Waals surface area contributed by atoms with Crippen LogP contribution in [0.25, 0.3) is 0 Å². The van der Waals surface area contributed by atoms with Gasteiger partial charge in [0.1, 0.15) is 0 Å². The van der Waals surface area contributed by atoms with Gasteiger partial charge in [0.2, 0.25) is 0 Å². The summed E-state index contributed by atoms with van der Waals surface area (Å²) in [6, 6.07) is 0. The molecule has 0 bridgehead atoms. The van der Waals surface area contributed by atoms with Crippen molar-refractivity contribution in [2.45, 2.75) is 38.5 Å². The molecule has 1 aliphatic carbocycles. The Labute approximate surface area is 106 Å². The summed E-state index contributed by atoms with van der Waals surface area (Å²) in [5, 5.41) is 7.10. The minimum absolute atomic E-state index is 0.388. The molecular formula is C14H28N2O. The standard InChI is InChI=1S/C14H28N2O/c1-17-12-14(6-9-15-10-7-14)11-16-8-2-3-13-4-5-13/h13,15-16H,2-12H2,1H3. The van der Waals surface area contributed by atoms with Crippen LogP contribution < -0.4 is 10.6 Å². The van der Waals surface area contributed by atoms with E-state index in [1.165, 1.54) is 45.1 Å². The van der Waals surface area contributed by atoms with E-state index in [4.69, 9.17) is 4.74 Å². The second kappa shape index (κ2) is 6.72. The first-order chi connectivity index (χ1) is 8.35. The van der Waals surface area contributed by atoms with Crippen LogP contribution in [0.5, 0.6) is 0 Å². The molecular weight excluding hydrogens is 212 g/mol. The van der Waals surface area contributed by atoms with Crippen molar-refractivity contribution in [3.8, 4) is 0 Å². The minimum atomic E-state index is 0.388. The average molecular weight is 240 g/mol. The molecule has 3 nitrogen and oxygen atoms in total. The van der Waals surface area contributed by atoms with Gasteiger partial charge in [-0.25, -0.2) is 0 Å².